The second-order valence-corrected chi connectivity index (χ2v) is 7.18. The van der Waals surface area contributed by atoms with Crippen LogP contribution >= 0.6 is 0 Å². The molecule has 0 aliphatic carbocycles. The van der Waals surface area contributed by atoms with Gasteiger partial charge in [0, 0.05) is 32.7 Å². The topological polar surface area (TPSA) is 65.5 Å². The van der Waals surface area contributed by atoms with E-state index >= 15 is 0 Å². The number of aliphatic imine (C=N–C) groups is 1. The van der Waals surface area contributed by atoms with E-state index in [1.54, 1.807) is 14.1 Å². The van der Waals surface area contributed by atoms with Crippen molar-refractivity contribution in [1.82, 2.24) is 16.0 Å². The molecule has 0 heterocycles. The third-order valence-corrected chi connectivity index (χ3v) is 4.29. The van der Waals surface area contributed by atoms with Crippen molar-refractivity contribution in [3.05, 3.63) is 35.4 Å². The van der Waals surface area contributed by atoms with Crippen LogP contribution in [0.25, 0.3) is 0 Å². The number of nitrogens with one attached hydrogen (secondary N) is 3. The summed E-state index contributed by atoms with van der Waals surface area (Å²) in [5.74, 6) is 0.715. The maximum absolute atomic E-state index is 11.7. The van der Waals surface area contributed by atoms with E-state index < -0.39 is 0 Å². The van der Waals surface area contributed by atoms with Crippen molar-refractivity contribution in [3.63, 3.8) is 0 Å². The summed E-state index contributed by atoms with van der Waals surface area (Å²) in [7, 11) is 3.42. The Bertz CT molecular complexity index is 567. The quantitative estimate of drug-likeness (QED) is 0.365. The molecule has 1 amide bonds. The van der Waals surface area contributed by atoms with Crippen LogP contribution in [-0.4, -0.2) is 32.5 Å². The first-order valence-electron chi connectivity index (χ1n) is 9.17. The molecule has 0 aromatic heterocycles. The molecule has 25 heavy (non-hydrogen) atoms. The number of benzene rings is 1. The highest BCUT2D eigenvalue weighted by Crippen LogP contribution is 2.22. The maximum Gasteiger partial charge on any atom is 0.251 e. The van der Waals surface area contributed by atoms with Gasteiger partial charge < -0.3 is 16.0 Å². The van der Waals surface area contributed by atoms with E-state index in [1.807, 2.05) is 24.3 Å². The molecule has 0 unspecified atom stereocenters. The lowest BCUT2D eigenvalue weighted by atomic mass is 9.87. The van der Waals surface area contributed by atoms with Gasteiger partial charge in [-0.3, -0.25) is 9.79 Å². The number of unbranched alkanes of at least 4 members (excludes halogenated alkanes) is 2. The molecule has 0 saturated carbocycles. The van der Waals surface area contributed by atoms with Crippen LogP contribution in [0.2, 0.25) is 0 Å². The third kappa shape index (κ3) is 8.05. The lowest BCUT2D eigenvalue weighted by Gasteiger charge is -2.26. The highest BCUT2D eigenvalue weighted by molar-refractivity contribution is 5.94. The minimum atomic E-state index is -0.0711. The van der Waals surface area contributed by atoms with Crippen LogP contribution < -0.4 is 16.0 Å². The fourth-order valence-electron chi connectivity index (χ4n) is 2.64. The summed E-state index contributed by atoms with van der Waals surface area (Å²) in [4.78, 5) is 16.0. The summed E-state index contributed by atoms with van der Waals surface area (Å²) in [5.41, 5.74) is 1.96. The molecule has 3 N–H and O–H groups in total. The van der Waals surface area contributed by atoms with Gasteiger partial charge in [0.25, 0.3) is 5.91 Å². The SMILES string of the molecule is CCCCCC(C)(C)CNC(=NC)NCc1cccc(C(=O)NC)c1. The first kappa shape index (κ1) is 21.0. The monoisotopic (exact) mass is 346 g/mol. The summed E-state index contributed by atoms with van der Waals surface area (Å²) >= 11 is 0. The minimum absolute atomic E-state index is 0.0711. The van der Waals surface area contributed by atoms with Crippen LogP contribution in [0.3, 0.4) is 0 Å². The number of rotatable bonds is 9. The van der Waals surface area contributed by atoms with Crippen molar-refractivity contribution in [2.45, 2.75) is 53.0 Å². The molecule has 0 bridgehead atoms. The smallest absolute Gasteiger partial charge is 0.251 e. The first-order valence-corrected chi connectivity index (χ1v) is 9.17. The molecule has 0 atom stereocenters. The van der Waals surface area contributed by atoms with Gasteiger partial charge in [-0.25, -0.2) is 0 Å². The van der Waals surface area contributed by atoms with E-state index in [4.69, 9.17) is 0 Å². The van der Waals surface area contributed by atoms with Gasteiger partial charge in [-0.05, 0) is 29.5 Å². The average Bonchev–Trinajstić information content (AvgIpc) is 2.61. The van der Waals surface area contributed by atoms with Crippen molar-refractivity contribution >= 4 is 11.9 Å². The second-order valence-electron chi connectivity index (χ2n) is 7.18. The highest BCUT2D eigenvalue weighted by Gasteiger charge is 2.17. The van der Waals surface area contributed by atoms with Gasteiger partial charge >= 0.3 is 0 Å². The number of carbonyl (C=O) groups is 1. The van der Waals surface area contributed by atoms with Crippen LogP contribution in [0.1, 0.15) is 62.4 Å². The largest absolute Gasteiger partial charge is 0.356 e. The number of nitrogens with zero attached hydrogens (tertiary/aromatic N) is 1. The zero-order valence-electron chi connectivity index (χ0n) is 16.4. The van der Waals surface area contributed by atoms with Crippen molar-refractivity contribution in [2.75, 3.05) is 20.6 Å². The molecule has 0 spiro atoms. The second kappa shape index (κ2) is 10.7. The van der Waals surface area contributed by atoms with Gasteiger partial charge in [-0.1, -0.05) is 52.2 Å². The lowest BCUT2D eigenvalue weighted by Crippen LogP contribution is -2.41. The summed E-state index contributed by atoms with van der Waals surface area (Å²) in [6, 6.07) is 7.61. The number of carbonyl (C=O) groups excluding carboxylic acids is 1. The van der Waals surface area contributed by atoms with E-state index in [-0.39, 0.29) is 11.3 Å². The van der Waals surface area contributed by atoms with Gasteiger partial charge in [0.1, 0.15) is 0 Å². The predicted octanol–water partition coefficient (Wildman–Crippen LogP) is 3.32. The molecule has 140 valence electrons. The van der Waals surface area contributed by atoms with Crippen molar-refractivity contribution < 1.29 is 4.79 Å². The average molecular weight is 347 g/mol. The predicted molar refractivity (Wildman–Crippen MR) is 106 cm³/mol. The standard InChI is InChI=1S/C20H34N4O/c1-6-7-8-12-20(2,3)15-24-19(22-5)23-14-16-10-9-11-17(13-16)18(25)21-4/h9-11,13H,6-8,12,14-15H2,1-5H3,(H,21,25)(H2,22,23,24). The number of hydrogen-bond donors (Lipinski definition) is 3. The van der Waals surface area contributed by atoms with Crippen molar-refractivity contribution in [2.24, 2.45) is 10.4 Å². The summed E-state index contributed by atoms with van der Waals surface area (Å²) in [6.45, 7) is 8.32. The van der Waals surface area contributed by atoms with Gasteiger partial charge in [0.2, 0.25) is 0 Å². The molecule has 1 aromatic rings. The number of hydrogen-bond acceptors (Lipinski definition) is 2. The molecule has 0 aliphatic rings. The van der Waals surface area contributed by atoms with Crippen LogP contribution in [0.15, 0.2) is 29.3 Å². The molecule has 0 radical (unpaired) electrons. The Morgan fingerprint density at radius 2 is 1.96 bits per heavy atom. The summed E-state index contributed by atoms with van der Waals surface area (Å²) in [6.07, 6.45) is 5.02. The third-order valence-electron chi connectivity index (χ3n) is 4.29. The molecular weight excluding hydrogens is 312 g/mol. The Labute approximate surface area is 152 Å². The molecule has 5 heteroatoms. The molecule has 0 aliphatic heterocycles. The molecule has 1 rings (SSSR count). The summed E-state index contributed by atoms with van der Waals surface area (Å²) < 4.78 is 0. The highest BCUT2D eigenvalue weighted by atomic mass is 16.1. The van der Waals surface area contributed by atoms with Gasteiger partial charge in [0.15, 0.2) is 5.96 Å². The zero-order chi connectivity index (χ0) is 18.7. The van der Waals surface area contributed by atoms with Crippen molar-refractivity contribution in [1.29, 1.82) is 0 Å². The fraction of sp³-hybridized carbons (Fsp3) is 0.600. The Balaban J connectivity index is 2.50. The van der Waals surface area contributed by atoms with Gasteiger partial charge in [-0.2, -0.15) is 0 Å². The minimum Gasteiger partial charge on any atom is -0.356 e. The van der Waals surface area contributed by atoms with Crippen LogP contribution in [-0.2, 0) is 6.54 Å². The Kier molecular flexibility index (Phi) is 9.03. The Morgan fingerprint density at radius 3 is 2.60 bits per heavy atom. The normalized spacial score (nSPS) is 12.0. The Morgan fingerprint density at radius 1 is 1.20 bits per heavy atom. The van der Waals surface area contributed by atoms with Gasteiger partial charge in [0.05, 0.1) is 0 Å². The van der Waals surface area contributed by atoms with Crippen LogP contribution in [0.4, 0.5) is 0 Å². The van der Waals surface area contributed by atoms with E-state index in [0.29, 0.717) is 12.1 Å². The number of amides is 1. The fourth-order valence-corrected chi connectivity index (χ4v) is 2.64. The van der Waals surface area contributed by atoms with E-state index in [1.165, 1.54) is 25.7 Å². The van der Waals surface area contributed by atoms with Crippen molar-refractivity contribution in [3.8, 4) is 0 Å². The molecule has 0 saturated heterocycles. The van der Waals surface area contributed by atoms with Crippen LogP contribution in [0, 0.1) is 5.41 Å². The molecule has 5 nitrogen and oxygen atoms in total. The zero-order valence-corrected chi connectivity index (χ0v) is 16.4. The molecule has 1 aromatic carbocycles. The maximum atomic E-state index is 11.7. The molecular formula is C20H34N4O. The van der Waals surface area contributed by atoms with Gasteiger partial charge in [-0.15, -0.1) is 0 Å². The first-order chi connectivity index (χ1) is 11.9. The van der Waals surface area contributed by atoms with E-state index in [0.717, 1.165) is 18.1 Å². The lowest BCUT2D eigenvalue weighted by molar-refractivity contribution is 0.0963. The van der Waals surface area contributed by atoms with E-state index in [2.05, 4.69) is 41.7 Å². The molecule has 0 fully saturated rings. The Hall–Kier alpha value is -2.04. The summed E-state index contributed by atoms with van der Waals surface area (Å²) in [5, 5.41) is 9.38. The van der Waals surface area contributed by atoms with Crippen LogP contribution in [0.5, 0.6) is 0 Å². The number of guanidine groups is 1. The van der Waals surface area contributed by atoms with E-state index in [9.17, 15) is 4.79 Å².